The van der Waals surface area contributed by atoms with Crippen LogP contribution in [-0.4, -0.2) is 53.1 Å². The first kappa shape index (κ1) is 18.5. The summed E-state index contributed by atoms with van der Waals surface area (Å²) in [7, 11) is -3.22. The highest BCUT2D eigenvalue weighted by Crippen LogP contribution is 2.20. The number of aromatic nitrogens is 3. The summed E-state index contributed by atoms with van der Waals surface area (Å²) in [4.78, 5) is 23.0. The van der Waals surface area contributed by atoms with Gasteiger partial charge in [0.1, 0.15) is 5.69 Å². The summed E-state index contributed by atoms with van der Waals surface area (Å²) in [5, 5.41) is 0. The molecule has 26 heavy (non-hydrogen) atoms. The van der Waals surface area contributed by atoms with Gasteiger partial charge in [0.05, 0.1) is 24.7 Å². The Morgan fingerprint density at radius 2 is 2.12 bits per heavy atom. The number of nitrogens with one attached hydrogen (secondary N) is 1. The van der Waals surface area contributed by atoms with E-state index in [-0.39, 0.29) is 11.8 Å². The molecule has 0 aromatic carbocycles. The summed E-state index contributed by atoms with van der Waals surface area (Å²) in [6, 6.07) is 3.96. The molecule has 0 saturated carbocycles. The second-order valence-corrected chi connectivity index (χ2v) is 8.53. The maximum absolute atomic E-state index is 12.9. The van der Waals surface area contributed by atoms with Crippen LogP contribution in [0.1, 0.15) is 28.3 Å². The highest BCUT2D eigenvalue weighted by atomic mass is 32.2. The van der Waals surface area contributed by atoms with E-state index in [1.54, 1.807) is 11.1 Å². The molecule has 3 rings (SSSR count). The third-order valence-corrected chi connectivity index (χ3v) is 5.14. The van der Waals surface area contributed by atoms with Crippen molar-refractivity contribution >= 4 is 15.9 Å². The number of aryl methyl sites for hydroxylation is 1. The molecule has 1 N–H and O–H groups in total. The van der Waals surface area contributed by atoms with Crippen molar-refractivity contribution in [3.05, 3.63) is 47.8 Å². The van der Waals surface area contributed by atoms with E-state index in [1.165, 1.54) is 6.20 Å². The fraction of sp³-hybridized carbons (Fsp3) is 0.471. The molecule has 0 bridgehead atoms. The van der Waals surface area contributed by atoms with Crippen LogP contribution in [0, 0.1) is 12.8 Å². The molecule has 3 heterocycles. The summed E-state index contributed by atoms with van der Waals surface area (Å²) in [6.07, 6.45) is 6.87. The van der Waals surface area contributed by atoms with Gasteiger partial charge in [-0.25, -0.2) is 18.1 Å². The van der Waals surface area contributed by atoms with Gasteiger partial charge in [0.2, 0.25) is 10.0 Å². The van der Waals surface area contributed by atoms with Crippen LogP contribution >= 0.6 is 0 Å². The number of rotatable bonds is 5. The van der Waals surface area contributed by atoms with Crippen LogP contribution in [-0.2, 0) is 23.1 Å². The van der Waals surface area contributed by atoms with Crippen LogP contribution < -0.4 is 4.72 Å². The number of sulfonamides is 1. The third kappa shape index (κ3) is 4.67. The number of fused-ring (bicyclic) bond motifs is 1. The Balaban J connectivity index is 1.76. The molecule has 1 aliphatic rings. The normalized spacial score (nSPS) is 17.6. The SMILES string of the molecule is Cc1cnc(C(=O)N2Cc3cccn3C[C@H](CCNS(C)(=O)=O)C2)cn1. The van der Waals surface area contributed by atoms with Crippen molar-refractivity contribution in [1.82, 2.24) is 24.2 Å². The van der Waals surface area contributed by atoms with E-state index in [1.807, 2.05) is 25.3 Å². The van der Waals surface area contributed by atoms with Crippen LogP contribution in [0.5, 0.6) is 0 Å². The van der Waals surface area contributed by atoms with Gasteiger partial charge in [-0.1, -0.05) is 0 Å². The van der Waals surface area contributed by atoms with E-state index in [0.29, 0.717) is 31.7 Å². The zero-order chi connectivity index (χ0) is 18.7. The highest BCUT2D eigenvalue weighted by Gasteiger charge is 2.26. The average molecular weight is 377 g/mol. The van der Waals surface area contributed by atoms with Gasteiger partial charge < -0.3 is 9.47 Å². The summed E-state index contributed by atoms with van der Waals surface area (Å²) in [5.41, 5.74) is 2.14. The van der Waals surface area contributed by atoms with Crippen LogP contribution in [0.4, 0.5) is 0 Å². The minimum Gasteiger partial charge on any atom is -0.349 e. The molecule has 0 unspecified atom stereocenters. The fourth-order valence-corrected chi connectivity index (χ4v) is 3.62. The number of nitrogens with zero attached hydrogens (tertiary/aromatic N) is 4. The molecular formula is C17H23N5O3S. The standard InChI is InChI=1S/C17H23N5O3S/c1-13-8-19-16(9-18-13)17(23)22-11-14(5-6-20-26(2,24)25)10-21-7-3-4-15(21)12-22/h3-4,7-9,14,20H,5-6,10-12H2,1-2H3/t14-/m0/s1. The number of hydrogen-bond donors (Lipinski definition) is 1. The maximum Gasteiger partial charge on any atom is 0.274 e. The van der Waals surface area contributed by atoms with Crippen LogP contribution in [0.2, 0.25) is 0 Å². The maximum atomic E-state index is 12.9. The molecule has 0 fully saturated rings. The second-order valence-electron chi connectivity index (χ2n) is 6.70. The summed E-state index contributed by atoms with van der Waals surface area (Å²) < 4.78 is 27.2. The first-order valence-corrected chi connectivity index (χ1v) is 10.4. The number of amides is 1. The van der Waals surface area contributed by atoms with Crippen LogP contribution in [0.15, 0.2) is 30.7 Å². The van der Waals surface area contributed by atoms with Crippen molar-refractivity contribution in [3.63, 3.8) is 0 Å². The van der Waals surface area contributed by atoms with E-state index in [9.17, 15) is 13.2 Å². The monoisotopic (exact) mass is 377 g/mol. The molecular weight excluding hydrogens is 354 g/mol. The lowest BCUT2D eigenvalue weighted by atomic mass is 10.1. The Hall–Kier alpha value is -2.26. The molecule has 0 spiro atoms. The topological polar surface area (TPSA) is 97.2 Å². The number of hydrogen-bond acceptors (Lipinski definition) is 5. The fourth-order valence-electron chi connectivity index (χ4n) is 3.13. The molecule has 8 nitrogen and oxygen atoms in total. The molecule has 0 aliphatic carbocycles. The minimum atomic E-state index is -3.22. The third-order valence-electron chi connectivity index (χ3n) is 4.41. The van der Waals surface area contributed by atoms with Crippen molar-refractivity contribution in [2.45, 2.75) is 26.4 Å². The molecule has 1 amide bonds. The van der Waals surface area contributed by atoms with E-state index in [0.717, 1.165) is 24.2 Å². The van der Waals surface area contributed by atoms with Crippen molar-refractivity contribution in [2.75, 3.05) is 19.3 Å². The molecule has 140 valence electrons. The molecule has 1 aliphatic heterocycles. The Kier molecular flexibility index (Phi) is 5.38. The molecule has 0 saturated heterocycles. The zero-order valence-electron chi connectivity index (χ0n) is 14.9. The summed E-state index contributed by atoms with van der Waals surface area (Å²) in [5.74, 6) is -0.0199. The first-order chi connectivity index (χ1) is 12.3. The average Bonchev–Trinajstić information content (AvgIpc) is 2.92. The predicted octanol–water partition coefficient (Wildman–Crippen LogP) is 0.798. The summed E-state index contributed by atoms with van der Waals surface area (Å²) in [6.45, 7) is 3.97. The zero-order valence-corrected chi connectivity index (χ0v) is 15.7. The van der Waals surface area contributed by atoms with Crippen molar-refractivity contribution < 1.29 is 13.2 Å². The Morgan fingerprint density at radius 3 is 2.81 bits per heavy atom. The van der Waals surface area contributed by atoms with Gasteiger partial charge in [0.25, 0.3) is 5.91 Å². The van der Waals surface area contributed by atoms with Gasteiger partial charge >= 0.3 is 0 Å². The van der Waals surface area contributed by atoms with Crippen molar-refractivity contribution in [2.24, 2.45) is 5.92 Å². The van der Waals surface area contributed by atoms with E-state index >= 15 is 0 Å². The van der Waals surface area contributed by atoms with Gasteiger partial charge in [-0.15, -0.1) is 0 Å². The molecule has 1 atom stereocenters. The van der Waals surface area contributed by atoms with E-state index in [2.05, 4.69) is 19.3 Å². The molecule has 2 aromatic rings. The van der Waals surface area contributed by atoms with Crippen molar-refractivity contribution in [1.29, 1.82) is 0 Å². The number of carbonyl (C=O) groups excluding carboxylic acids is 1. The molecule has 9 heteroatoms. The van der Waals surface area contributed by atoms with Gasteiger partial charge in [-0.3, -0.25) is 9.78 Å². The number of carbonyl (C=O) groups is 1. The van der Waals surface area contributed by atoms with Crippen LogP contribution in [0.25, 0.3) is 0 Å². The lowest BCUT2D eigenvalue weighted by Crippen LogP contribution is -2.35. The summed E-state index contributed by atoms with van der Waals surface area (Å²) >= 11 is 0. The Morgan fingerprint density at radius 1 is 1.31 bits per heavy atom. The quantitative estimate of drug-likeness (QED) is 0.831. The Bertz CT molecular complexity index is 876. The minimum absolute atomic E-state index is 0.139. The first-order valence-electron chi connectivity index (χ1n) is 8.48. The lowest BCUT2D eigenvalue weighted by Gasteiger charge is -2.24. The van der Waals surface area contributed by atoms with E-state index < -0.39 is 10.0 Å². The highest BCUT2D eigenvalue weighted by molar-refractivity contribution is 7.88. The van der Waals surface area contributed by atoms with E-state index in [4.69, 9.17) is 0 Å². The Labute approximate surface area is 153 Å². The smallest absolute Gasteiger partial charge is 0.274 e. The van der Waals surface area contributed by atoms with Crippen molar-refractivity contribution in [3.8, 4) is 0 Å². The second kappa shape index (κ2) is 7.55. The van der Waals surface area contributed by atoms with Gasteiger partial charge in [0, 0.05) is 37.7 Å². The van der Waals surface area contributed by atoms with Crippen LogP contribution in [0.3, 0.4) is 0 Å². The lowest BCUT2D eigenvalue weighted by molar-refractivity contribution is 0.0712. The van der Waals surface area contributed by atoms with Gasteiger partial charge in [0.15, 0.2) is 0 Å². The van der Waals surface area contributed by atoms with Gasteiger partial charge in [-0.05, 0) is 31.4 Å². The molecule has 2 aromatic heterocycles. The predicted molar refractivity (Wildman–Crippen MR) is 96.9 cm³/mol. The van der Waals surface area contributed by atoms with Gasteiger partial charge in [-0.2, -0.15) is 0 Å². The largest absolute Gasteiger partial charge is 0.349 e. The molecule has 0 radical (unpaired) electrons.